The van der Waals surface area contributed by atoms with E-state index in [1.165, 1.54) is 11.0 Å². The van der Waals surface area contributed by atoms with E-state index in [2.05, 4.69) is 93.7 Å². The van der Waals surface area contributed by atoms with E-state index >= 15 is 0 Å². The van der Waals surface area contributed by atoms with Crippen LogP contribution in [0, 0.1) is 12.8 Å². The number of rotatable bonds is 7. The van der Waals surface area contributed by atoms with E-state index in [-0.39, 0.29) is 0 Å². The van der Waals surface area contributed by atoms with Gasteiger partial charge in [0.2, 0.25) is 0 Å². The number of fused-ring (bicyclic) bond motifs is 1. The fraction of sp³-hybridized carbons (Fsp3) is 0.200. The van der Waals surface area contributed by atoms with Crippen molar-refractivity contribution in [3.05, 3.63) is 114 Å². The molecule has 4 rings (SSSR count). The van der Waals surface area contributed by atoms with Gasteiger partial charge in [-0.2, -0.15) is 0 Å². The highest BCUT2D eigenvalue weighted by Gasteiger charge is 2.19. The molecule has 0 saturated heterocycles. The smallest absolute Gasteiger partial charge is 0.140 e. The predicted octanol–water partition coefficient (Wildman–Crippen LogP) is 7.23. The van der Waals surface area contributed by atoms with Gasteiger partial charge in [-0.1, -0.05) is 42.9 Å². The highest BCUT2D eigenvalue weighted by atomic mass is 15.1. The maximum Gasteiger partial charge on any atom is 0.140 e. The molecule has 0 aliphatic heterocycles. The third kappa shape index (κ3) is 6.85. The van der Waals surface area contributed by atoms with E-state index in [1.54, 1.807) is 12.4 Å². The molecule has 2 atom stereocenters. The quantitative estimate of drug-likeness (QED) is 0.288. The summed E-state index contributed by atoms with van der Waals surface area (Å²) in [6.07, 6.45) is 19.9. The standard InChI is InChI=1S/C15H18N4.C15H16N2/c1-5-6-7-14(16-3)15(17-4)11-19-13-9-8-12(2)18-10-13;1-11-5-6-14(12(2)10-11)17-9-7-13-4-3-8-16-15(13)17/h5-11,19H,3-4H2,1-2H3;3-10,12,14H,1-2H3/b6-5-,14-7-,15-11-;. The van der Waals surface area contributed by atoms with Crippen LogP contribution in [-0.2, 0) is 0 Å². The summed E-state index contributed by atoms with van der Waals surface area (Å²) in [7, 11) is 0. The van der Waals surface area contributed by atoms with Gasteiger partial charge >= 0.3 is 0 Å². The molecule has 184 valence electrons. The van der Waals surface area contributed by atoms with Crippen LogP contribution in [0.1, 0.15) is 32.5 Å². The molecule has 0 aromatic carbocycles. The molecule has 3 aromatic rings. The molecule has 3 heterocycles. The number of aromatic nitrogens is 3. The van der Waals surface area contributed by atoms with Crippen LogP contribution >= 0.6 is 0 Å². The summed E-state index contributed by atoms with van der Waals surface area (Å²) in [5.74, 6) is 0.512. The summed E-state index contributed by atoms with van der Waals surface area (Å²) >= 11 is 0. The van der Waals surface area contributed by atoms with Crippen LogP contribution in [0.2, 0.25) is 0 Å². The molecule has 0 fully saturated rings. The third-order valence-corrected chi connectivity index (χ3v) is 5.75. The van der Waals surface area contributed by atoms with E-state index in [4.69, 9.17) is 0 Å². The molecule has 1 aliphatic rings. The minimum atomic E-state index is 0.381. The number of hydrogen-bond donors (Lipinski definition) is 1. The van der Waals surface area contributed by atoms with Crippen LogP contribution in [0.5, 0.6) is 0 Å². The van der Waals surface area contributed by atoms with Gasteiger partial charge in [-0.25, -0.2) is 4.98 Å². The Morgan fingerprint density at radius 2 is 1.89 bits per heavy atom. The maximum absolute atomic E-state index is 4.48. The van der Waals surface area contributed by atoms with Crippen molar-refractivity contribution in [3.63, 3.8) is 0 Å². The topological polar surface area (TPSA) is 67.5 Å². The lowest BCUT2D eigenvalue weighted by molar-refractivity contribution is 0.493. The zero-order valence-electron chi connectivity index (χ0n) is 21.5. The van der Waals surface area contributed by atoms with Crippen LogP contribution in [0.25, 0.3) is 11.0 Å². The van der Waals surface area contributed by atoms with Gasteiger partial charge in [0.15, 0.2) is 0 Å². The fourth-order valence-corrected chi connectivity index (χ4v) is 3.88. The average molecular weight is 479 g/mol. The second-order valence-electron chi connectivity index (χ2n) is 8.51. The highest BCUT2D eigenvalue weighted by molar-refractivity contribution is 5.76. The lowest BCUT2D eigenvalue weighted by Gasteiger charge is -2.24. The normalized spacial score (nSPS) is 17.9. The minimum Gasteiger partial charge on any atom is -0.358 e. The number of nitrogens with one attached hydrogen (secondary N) is 1. The van der Waals surface area contributed by atoms with Crippen LogP contribution in [0.15, 0.2) is 119 Å². The molecule has 2 unspecified atom stereocenters. The molecule has 3 aromatic heterocycles. The summed E-state index contributed by atoms with van der Waals surface area (Å²) in [5, 5.41) is 4.31. The number of allylic oxidation sites excluding steroid dienone is 7. The number of aliphatic imine (C=N–C) groups is 2. The van der Waals surface area contributed by atoms with Gasteiger partial charge in [0.1, 0.15) is 11.3 Å². The predicted molar refractivity (Wildman–Crippen MR) is 154 cm³/mol. The Morgan fingerprint density at radius 3 is 2.56 bits per heavy atom. The van der Waals surface area contributed by atoms with Crippen LogP contribution < -0.4 is 5.32 Å². The summed E-state index contributed by atoms with van der Waals surface area (Å²) in [5.41, 5.74) is 5.54. The first-order valence-electron chi connectivity index (χ1n) is 11.9. The zero-order valence-corrected chi connectivity index (χ0v) is 21.5. The Bertz CT molecular complexity index is 1340. The molecule has 0 bridgehead atoms. The fourth-order valence-electron chi connectivity index (χ4n) is 3.88. The van der Waals surface area contributed by atoms with E-state index < -0.39 is 0 Å². The van der Waals surface area contributed by atoms with E-state index in [0.29, 0.717) is 23.4 Å². The molecule has 0 radical (unpaired) electrons. The van der Waals surface area contributed by atoms with Crippen molar-refractivity contribution in [2.75, 3.05) is 5.32 Å². The molecule has 0 amide bonds. The first-order valence-corrected chi connectivity index (χ1v) is 11.9. The second-order valence-corrected chi connectivity index (χ2v) is 8.51. The third-order valence-electron chi connectivity index (χ3n) is 5.75. The molecule has 0 spiro atoms. The van der Waals surface area contributed by atoms with Crippen LogP contribution in [0.3, 0.4) is 0 Å². The lowest BCUT2D eigenvalue weighted by Crippen LogP contribution is -2.15. The molecular formula is C30H34N6. The van der Waals surface area contributed by atoms with Gasteiger partial charge < -0.3 is 9.88 Å². The van der Waals surface area contributed by atoms with Crippen molar-refractivity contribution in [2.45, 2.75) is 33.7 Å². The molecule has 6 heteroatoms. The largest absolute Gasteiger partial charge is 0.358 e. The van der Waals surface area contributed by atoms with E-state index in [9.17, 15) is 0 Å². The Hall–Kier alpha value is -4.32. The van der Waals surface area contributed by atoms with Gasteiger partial charge in [-0.15, -0.1) is 0 Å². The molecule has 36 heavy (non-hydrogen) atoms. The van der Waals surface area contributed by atoms with Gasteiger partial charge in [0, 0.05) is 29.7 Å². The average Bonchev–Trinajstić information content (AvgIpc) is 3.31. The molecule has 6 nitrogen and oxygen atoms in total. The Morgan fingerprint density at radius 1 is 1.08 bits per heavy atom. The van der Waals surface area contributed by atoms with Crippen molar-refractivity contribution in [3.8, 4) is 0 Å². The van der Waals surface area contributed by atoms with Crippen molar-refractivity contribution < 1.29 is 0 Å². The second kappa shape index (κ2) is 13.0. The Kier molecular flexibility index (Phi) is 9.46. The summed E-state index contributed by atoms with van der Waals surface area (Å²) in [6, 6.07) is 10.5. The first-order chi connectivity index (χ1) is 17.5. The number of pyridine rings is 2. The van der Waals surface area contributed by atoms with Crippen molar-refractivity contribution >= 4 is 30.2 Å². The number of nitrogens with zero attached hydrogens (tertiary/aromatic N) is 5. The van der Waals surface area contributed by atoms with Gasteiger partial charge in [0.25, 0.3) is 0 Å². The van der Waals surface area contributed by atoms with E-state index in [0.717, 1.165) is 17.0 Å². The molecular weight excluding hydrogens is 444 g/mol. The maximum atomic E-state index is 4.48. The summed E-state index contributed by atoms with van der Waals surface area (Å²) in [6.45, 7) is 15.3. The number of aryl methyl sites for hydroxylation is 1. The van der Waals surface area contributed by atoms with E-state index in [1.807, 2.05) is 56.5 Å². The van der Waals surface area contributed by atoms with Crippen molar-refractivity contribution in [2.24, 2.45) is 15.9 Å². The van der Waals surface area contributed by atoms with Gasteiger partial charge in [-0.05, 0) is 76.5 Å². The van der Waals surface area contributed by atoms with Crippen molar-refractivity contribution in [1.29, 1.82) is 0 Å². The van der Waals surface area contributed by atoms with Gasteiger partial charge in [0.05, 0.1) is 23.6 Å². The molecule has 1 N–H and O–H groups in total. The molecule has 1 aliphatic carbocycles. The van der Waals surface area contributed by atoms with Crippen LogP contribution in [-0.4, -0.2) is 28.0 Å². The Labute approximate surface area is 213 Å². The SMILES string of the molecule is C=NC(=C\C=C/C)/C(=C/Nc1ccc(C)nc1)N=C.CC1=CC(C)C(n2ccc3cccnc32)C=C1. The lowest BCUT2D eigenvalue weighted by atomic mass is 9.93. The number of hydrogen-bond acceptors (Lipinski definition) is 5. The summed E-state index contributed by atoms with van der Waals surface area (Å²) < 4.78 is 2.26. The monoisotopic (exact) mass is 478 g/mol. The van der Waals surface area contributed by atoms with Gasteiger partial charge in [-0.3, -0.25) is 15.0 Å². The first kappa shape index (κ1) is 26.3. The van der Waals surface area contributed by atoms with Crippen molar-refractivity contribution in [1.82, 2.24) is 14.5 Å². The zero-order chi connectivity index (χ0) is 25.9. The number of anilines is 1. The summed E-state index contributed by atoms with van der Waals surface area (Å²) in [4.78, 5) is 16.5. The highest BCUT2D eigenvalue weighted by Crippen LogP contribution is 2.30. The minimum absolute atomic E-state index is 0.381. The Balaban J connectivity index is 0.000000201. The van der Waals surface area contributed by atoms with Crippen LogP contribution in [0.4, 0.5) is 5.69 Å². The molecule has 0 saturated carbocycles.